The quantitative estimate of drug-likeness (QED) is 0.430. The lowest BCUT2D eigenvalue weighted by Gasteiger charge is -2.28. The van der Waals surface area contributed by atoms with Gasteiger partial charge in [0.25, 0.3) is 5.91 Å². The number of nitrogens with one attached hydrogen (secondary N) is 1. The molecule has 0 radical (unpaired) electrons. The minimum Gasteiger partial charge on any atom is -0.872 e. The van der Waals surface area contributed by atoms with Crippen LogP contribution in [-0.4, -0.2) is 42.8 Å². The van der Waals surface area contributed by atoms with Crippen molar-refractivity contribution in [1.82, 2.24) is 4.90 Å². The van der Waals surface area contributed by atoms with Crippen molar-refractivity contribution >= 4 is 17.4 Å². The fourth-order valence-electron chi connectivity index (χ4n) is 3.94. The Balaban J connectivity index is 2.08. The summed E-state index contributed by atoms with van der Waals surface area (Å²) >= 11 is 0. The van der Waals surface area contributed by atoms with Gasteiger partial charge in [-0.3, -0.25) is 9.59 Å². The van der Waals surface area contributed by atoms with Crippen LogP contribution in [0.3, 0.4) is 0 Å². The van der Waals surface area contributed by atoms with E-state index in [4.69, 9.17) is 0 Å². The van der Waals surface area contributed by atoms with Gasteiger partial charge in [0, 0.05) is 5.57 Å². The van der Waals surface area contributed by atoms with Crippen molar-refractivity contribution in [3.05, 3.63) is 76.4 Å². The second-order valence-electron chi connectivity index (χ2n) is 7.96. The van der Waals surface area contributed by atoms with E-state index < -0.39 is 17.7 Å². The molecule has 0 saturated carbocycles. The molecule has 1 aliphatic rings. The van der Waals surface area contributed by atoms with Gasteiger partial charge in [0.1, 0.15) is 0 Å². The number of hydrogen-bond acceptors (Lipinski definition) is 3. The molecule has 1 N–H and O–H groups in total. The number of carbonyl (C=O) groups is 2. The topological polar surface area (TPSA) is 64.9 Å². The molecule has 1 amide bonds. The summed E-state index contributed by atoms with van der Waals surface area (Å²) in [7, 11) is 0. The summed E-state index contributed by atoms with van der Waals surface area (Å²) in [6, 6.07) is 14.2. The average Bonchev–Trinajstić information content (AvgIpc) is 3.00. The number of likely N-dealkylation sites (N-methyl/N-ethyl adjacent to an activating group) is 1. The highest BCUT2D eigenvalue weighted by Crippen LogP contribution is 2.38. The summed E-state index contributed by atoms with van der Waals surface area (Å²) < 4.78 is 0. The number of quaternary nitrogens is 1. The SMILES string of the molecule is CC[NH+](CC)CCN1C(=O)C(=O)C(=C([O-])c2ccc(C)cc2)C1c1ccc(C)cc1. The second kappa shape index (κ2) is 9.26. The van der Waals surface area contributed by atoms with Gasteiger partial charge in [-0.05, 0) is 38.8 Å². The molecule has 3 rings (SSSR count). The first-order valence-corrected chi connectivity index (χ1v) is 10.6. The van der Waals surface area contributed by atoms with Gasteiger partial charge in [0.05, 0.1) is 32.2 Å². The first kappa shape index (κ1) is 21.8. The van der Waals surface area contributed by atoms with Crippen LogP contribution >= 0.6 is 0 Å². The molecule has 0 aromatic heterocycles. The van der Waals surface area contributed by atoms with Gasteiger partial charge in [-0.2, -0.15) is 0 Å². The third-order valence-corrected chi connectivity index (χ3v) is 5.94. The minimum atomic E-state index is -0.680. The smallest absolute Gasteiger partial charge is 0.295 e. The molecule has 0 aliphatic carbocycles. The molecule has 0 spiro atoms. The van der Waals surface area contributed by atoms with Gasteiger partial charge in [-0.1, -0.05) is 65.4 Å². The molecule has 2 aromatic carbocycles. The zero-order valence-electron chi connectivity index (χ0n) is 18.2. The molecular weight excluding hydrogens is 376 g/mol. The largest absolute Gasteiger partial charge is 0.872 e. The van der Waals surface area contributed by atoms with E-state index in [2.05, 4.69) is 13.8 Å². The Morgan fingerprint density at radius 2 is 1.47 bits per heavy atom. The van der Waals surface area contributed by atoms with E-state index in [1.54, 1.807) is 17.0 Å². The minimum absolute atomic E-state index is 0.0576. The van der Waals surface area contributed by atoms with Gasteiger partial charge in [0.15, 0.2) is 0 Å². The summed E-state index contributed by atoms with van der Waals surface area (Å²) in [5.74, 6) is -1.63. The molecule has 1 aliphatic heterocycles. The molecular formula is C25H30N2O3. The number of aryl methyl sites for hydroxylation is 2. The van der Waals surface area contributed by atoms with Gasteiger partial charge >= 0.3 is 0 Å². The molecule has 1 fully saturated rings. The van der Waals surface area contributed by atoms with E-state index in [-0.39, 0.29) is 11.3 Å². The average molecular weight is 407 g/mol. The highest BCUT2D eigenvalue weighted by atomic mass is 16.3. The van der Waals surface area contributed by atoms with Crippen molar-refractivity contribution in [2.75, 3.05) is 26.2 Å². The monoisotopic (exact) mass is 406 g/mol. The molecule has 2 aromatic rings. The number of hydrogen-bond donors (Lipinski definition) is 1. The van der Waals surface area contributed by atoms with Crippen molar-refractivity contribution in [3.63, 3.8) is 0 Å². The summed E-state index contributed by atoms with van der Waals surface area (Å²) in [5.41, 5.74) is 3.40. The highest BCUT2D eigenvalue weighted by molar-refractivity contribution is 6.46. The molecule has 0 bridgehead atoms. The van der Waals surface area contributed by atoms with Crippen molar-refractivity contribution in [1.29, 1.82) is 0 Å². The van der Waals surface area contributed by atoms with Crippen LogP contribution in [0.25, 0.3) is 5.76 Å². The number of benzene rings is 2. The van der Waals surface area contributed by atoms with E-state index in [0.717, 1.165) is 36.3 Å². The summed E-state index contributed by atoms with van der Waals surface area (Å²) in [6.07, 6.45) is 0. The van der Waals surface area contributed by atoms with E-state index >= 15 is 0 Å². The molecule has 5 nitrogen and oxygen atoms in total. The van der Waals surface area contributed by atoms with Crippen LogP contribution in [-0.2, 0) is 9.59 Å². The molecule has 1 atom stereocenters. The Hall–Kier alpha value is -2.92. The Morgan fingerprint density at radius 1 is 0.933 bits per heavy atom. The number of carbonyl (C=O) groups excluding carboxylic acids is 2. The van der Waals surface area contributed by atoms with Crippen molar-refractivity contribution in [2.45, 2.75) is 33.7 Å². The van der Waals surface area contributed by atoms with E-state index in [1.807, 2.05) is 50.2 Å². The number of ketones is 1. The van der Waals surface area contributed by atoms with E-state index in [0.29, 0.717) is 12.1 Å². The van der Waals surface area contributed by atoms with Crippen molar-refractivity contribution in [2.24, 2.45) is 0 Å². The molecule has 1 heterocycles. The first-order chi connectivity index (χ1) is 14.4. The van der Waals surface area contributed by atoms with Crippen LogP contribution < -0.4 is 10.0 Å². The van der Waals surface area contributed by atoms with Gasteiger partial charge in [-0.15, -0.1) is 0 Å². The Bertz CT molecular complexity index is 941. The fourth-order valence-corrected chi connectivity index (χ4v) is 3.94. The number of rotatable bonds is 7. The van der Waals surface area contributed by atoms with Crippen molar-refractivity contribution in [3.8, 4) is 0 Å². The highest BCUT2D eigenvalue weighted by Gasteiger charge is 2.44. The van der Waals surface area contributed by atoms with Crippen LogP contribution in [0, 0.1) is 13.8 Å². The maximum atomic E-state index is 13.3. The lowest BCUT2D eigenvalue weighted by molar-refractivity contribution is -0.895. The zero-order valence-corrected chi connectivity index (χ0v) is 18.2. The molecule has 1 saturated heterocycles. The van der Waals surface area contributed by atoms with E-state index in [1.165, 1.54) is 4.90 Å². The standard InChI is InChI=1S/C25H30N2O3/c1-5-26(6-2)15-16-27-22(19-11-7-17(3)8-12-19)21(24(29)25(27)30)23(28)20-13-9-18(4)10-14-20/h7-14,22,28H,5-6,15-16H2,1-4H3. The molecule has 1 unspecified atom stereocenters. The van der Waals surface area contributed by atoms with Crippen LogP contribution in [0.1, 0.15) is 42.1 Å². The number of Topliss-reactive ketones (excluding diaryl/α,β-unsaturated/α-hetero) is 1. The number of nitrogens with zero attached hydrogens (tertiary/aromatic N) is 1. The lowest BCUT2D eigenvalue weighted by atomic mass is 9.94. The summed E-state index contributed by atoms with van der Waals surface area (Å²) in [5, 5.41) is 13.3. The van der Waals surface area contributed by atoms with Gasteiger partial charge < -0.3 is 14.9 Å². The number of likely N-dealkylation sites (tertiary alicyclic amines) is 1. The molecule has 30 heavy (non-hydrogen) atoms. The van der Waals surface area contributed by atoms with Crippen LogP contribution in [0.2, 0.25) is 0 Å². The Kier molecular flexibility index (Phi) is 6.73. The predicted molar refractivity (Wildman–Crippen MR) is 116 cm³/mol. The van der Waals surface area contributed by atoms with Crippen molar-refractivity contribution < 1.29 is 19.6 Å². The van der Waals surface area contributed by atoms with Crippen LogP contribution in [0.5, 0.6) is 0 Å². The normalized spacial score (nSPS) is 18.4. The second-order valence-corrected chi connectivity index (χ2v) is 7.96. The maximum absolute atomic E-state index is 13.3. The predicted octanol–water partition coefficient (Wildman–Crippen LogP) is 1.45. The van der Waals surface area contributed by atoms with Crippen LogP contribution in [0.4, 0.5) is 0 Å². The van der Waals surface area contributed by atoms with Gasteiger partial charge in [-0.25, -0.2) is 0 Å². The summed E-state index contributed by atoms with van der Waals surface area (Å²) in [6.45, 7) is 11.2. The Morgan fingerprint density at radius 3 is 2.00 bits per heavy atom. The first-order valence-electron chi connectivity index (χ1n) is 10.6. The molecule has 5 heteroatoms. The summed E-state index contributed by atoms with van der Waals surface area (Å²) in [4.78, 5) is 28.8. The maximum Gasteiger partial charge on any atom is 0.295 e. The fraction of sp³-hybridized carbons (Fsp3) is 0.360. The lowest BCUT2D eigenvalue weighted by Crippen LogP contribution is -3.12. The zero-order chi connectivity index (χ0) is 21.8. The van der Waals surface area contributed by atoms with E-state index in [9.17, 15) is 14.7 Å². The Labute approximate surface area is 178 Å². The van der Waals surface area contributed by atoms with Crippen LogP contribution in [0.15, 0.2) is 54.1 Å². The third kappa shape index (κ3) is 4.31. The number of amides is 1. The molecule has 158 valence electrons. The van der Waals surface area contributed by atoms with Gasteiger partial charge in [0.2, 0.25) is 5.78 Å². The third-order valence-electron chi connectivity index (χ3n) is 5.94.